The Hall–Kier alpha value is -4.85. The molecule has 55 heavy (non-hydrogen) atoms. The van der Waals surface area contributed by atoms with Crippen LogP contribution in [-0.4, -0.2) is 100 Å². The molecule has 1 saturated carbocycles. The van der Waals surface area contributed by atoms with Gasteiger partial charge in [0.25, 0.3) is 0 Å². The maximum atomic E-state index is 14.5. The number of nitrogens with one attached hydrogen (secondary N) is 1. The molecule has 3 aromatic carbocycles. The van der Waals surface area contributed by atoms with Crippen LogP contribution in [0.2, 0.25) is 0 Å². The summed E-state index contributed by atoms with van der Waals surface area (Å²) >= 11 is 0. The predicted octanol–water partition coefficient (Wildman–Crippen LogP) is 5.66. The standard InChI is InChI=1S/C42H52N6O6S/c1-3-30(2)40(48-24-23-46(42(48)51)28-35-16-9-15-34-17-10-22-43-39(34)35)41(50)45-37(25-31-11-5-4-6-12-31)38(49)29-47(27-33-13-7-8-14-33)55(53,54)36-20-18-32(19-21-36)26-44-52/h4-6,9-12,15-22,26,30,33,37-38,40,49,52H,3,7-8,13-14,23-25,27-29H2,1-2H3,(H,45,50)/b44-26+/t30-,37-,38+,40-/m0/s1. The SMILES string of the molecule is CC[C@H](C)[C@@H](C(=O)N[C@@H](Cc1ccccc1)[C@H](O)CN(CC1CCCC1)S(=O)(=O)c1ccc(/C=N/O)cc1)N1CCN(Cc2cccc3cccnc23)C1=O. The van der Waals surface area contributed by atoms with Gasteiger partial charge in [0.2, 0.25) is 15.9 Å². The first-order valence-corrected chi connectivity index (χ1v) is 20.7. The smallest absolute Gasteiger partial charge is 0.321 e. The minimum absolute atomic E-state index is 0.0599. The van der Waals surface area contributed by atoms with E-state index in [-0.39, 0.29) is 48.2 Å². The molecular weight excluding hydrogens is 717 g/mol. The number of sulfonamides is 1. The number of pyridine rings is 1. The fraction of sp³-hybridized carbons (Fsp3) is 0.429. The van der Waals surface area contributed by atoms with Crippen molar-refractivity contribution in [1.82, 2.24) is 24.4 Å². The molecule has 1 aliphatic carbocycles. The van der Waals surface area contributed by atoms with Crippen molar-refractivity contribution in [2.24, 2.45) is 17.0 Å². The molecule has 13 heteroatoms. The Morgan fingerprint density at radius 1 is 1.02 bits per heavy atom. The highest BCUT2D eigenvalue weighted by Gasteiger charge is 2.41. The van der Waals surface area contributed by atoms with Crippen molar-refractivity contribution in [3.8, 4) is 0 Å². The number of oxime groups is 1. The van der Waals surface area contributed by atoms with Gasteiger partial charge in [-0.2, -0.15) is 4.31 Å². The molecule has 3 N–H and O–H groups in total. The second-order valence-corrected chi connectivity index (χ2v) is 16.8. The van der Waals surface area contributed by atoms with Crippen molar-refractivity contribution in [1.29, 1.82) is 0 Å². The zero-order valence-corrected chi connectivity index (χ0v) is 32.4. The van der Waals surface area contributed by atoms with E-state index in [1.807, 2.05) is 74.5 Å². The number of carbonyl (C=O) groups excluding carboxylic acids is 2. The molecule has 6 rings (SSSR count). The van der Waals surface area contributed by atoms with Crippen molar-refractivity contribution < 1.29 is 28.3 Å². The number of nitrogens with zero attached hydrogens (tertiary/aromatic N) is 5. The monoisotopic (exact) mass is 768 g/mol. The van der Waals surface area contributed by atoms with Crippen LogP contribution in [0.3, 0.4) is 0 Å². The van der Waals surface area contributed by atoms with Crippen LogP contribution in [0.5, 0.6) is 0 Å². The molecule has 12 nitrogen and oxygen atoms in total. The number of aliphatic hydroxyl groups excluding tert-OH is 1. The number of rotatable bonds is 17. The summed E-state index contributed by atoms with van der Waals surface area (Å²) in [5.41, 5.74) is 3.17. The van der Waals surface area contributed by atoms with Gasteiger partial charge in [-0.15, -0.1) is 0 Å². The van der Waals surface area contributed by atoms with Gasteiger partial charge in [0.15, 0.2) is 0 Å². The van der Waals surface area contributed by atoms with E-state index in [0.717, 1.165) is 47.7 Å². The number of para-hydroxylation sites is 1. The average molecular weight is 769 g/mol. The average Bonchev–Trinajstić information content (AvgIpc) is 3.84. The number of fused-ring (bicyclic) bond motifs is 1. The molecule has 2 fully saturated rings. The lowest BCUT2D eigenvalue weighted by atomic mass is 9.95. The van der Waals surface area contributed by atoms with Crippen LogP contribution in [0.25, 0.3) is 10.9 Å². The van der Waals surface area contributed by atoms with Gasteiger partial charge in [-0.3, -0.25) is 9.78 Å². The third kappa shape index (κ3) is 9.52. The highest BCUT2D eigenvalue weighted by molar-refractivity contribution is 7.89. The molecular formula is C42H52N6O6S. The van der Waals surface area contributed by atoms with Gasteiger partial charge >= 0.3 is 6.03 Å². The maximum Gasteiger partial charge on any atom is 0.321 e. The van der Waals surface area contributed by atoms with E-state index in [1.165, 1.54) is 22.7 Å². The molecule has 4 atom stereocenters. The quantitative estimate of drug-likeness (QED) is 0.0711. The van der Waals surface area contributed by atoms with E-state index < -0.39 is 28.2 Å². The van der Waals surface area contributed by atoms with E-state index in [9.17, 15) is 23.1 Å². The number of hydrogen-bond donors (Lipinski definition) is 3. The second kappa shape index (κ2) is 18.2. The van der Waals surface area contributed by atoms with Crippen LogP contribution in [0.15, 0.2) is 101 Å². The number of carbonyl (C=O) groups is 2. The van der Waals surface area contributed by atoms with Crippen LogP contribution < -0.4 is 5.32 Å². The molecule has 1 aliphatic heterocycles. The normalized spacial score (nSPS) is 17.6. The van der Waals surface area contributed by atoms with Gasteiger partial charge in [-0.05, 0) is 66.0 Å². The number of amides is 3. The van der Waals surface area contributed by atoms with Gasteiger partial charge in [-0.1, -0.05) is 105 Å². The summed E-state index contributed by atoms with van der Waals surface area (Å²) in [5.74, 6) is -0.438. The van der Waals surface area contributed by atoms with Gasteiger partial charge in [0.05, 0.1) is 28.8 Å². The number of urea groups is 1. The molecule has 292 valence electrons. The first-order chi connectivity index (χ1) is 26.6. The van der Waals surface area contributed by atoms with Crippen LogP contribution >= 0.6 is 0 Å². The van der Waals surface area contributed by atoms with Gasteiger partial charge in [0, 0.05) is 44.3 Å². The molecule has 3 amide bonds. The molecule has 4 aromatic rings. The number of hydrogen-bond acceptors (Lipinski definition) is 8. The van der Waals surface area contributed by atoms with Gasteiger partial charge in [-0.25, -0.2) is 13.2 Å². The third-order valence-electron chi connectivity index (χ3n) is 11.1. The Bertz CT molecular complexity index is 2040. The summed E-state index contributed by atoms with van der Waals surface area (Å²) in [6.45, 7) is 5.10. The summed E-state index contributed by atoms with van der Waals surface area (Å²) in [6, 6.07) is 23.4. The third-order valence-corrected chi connectivity index (χ3v) is 13.0. The Balaban J connectivity index is 1.24. The minimum Gasteiger partial charge on any atom is -0.411 e. The van der Waals surface area contributed by atoms with E-state index >= 15 is 0 Å². The predicted molar refractivity (Wildman–Crippen MR) is 212 cm³/mol. The summed E-state index contributed by atoms with van der Waals surface area (Å²) in [7, 11) is -4.06. The Labute approximate surface area is 323 Å². The number of benzene rings is 3. The number of aromatic nitrogens is 1. The number of aliphatic hydroxyl groups is 1. The highest BCUT2D eigenvalue weighted by Crippen LogP contribution is 2.29. The van der Waals surface area contributed by atoms with Crippen LogP contribution in [0.1, 0.15) is 62.6 Å². The first kappa shape index (κ1) is 39.8. The zero-order valence-electron chi connectivity index (χ0n) is 31.6. The zero-order chi connectivity index (χ0) is 39.0. The topological polar surface area (TPSA) is 156 Å². The molecule has 2 aliphatic rings. The van der Waals surface area contributed by atoms with Crippen LogP contribution in [0.4, 0.5) is 4.79 Å². The Kier molecular flexibility index (Phi) is 13.2. The van der Waals surface area contributed by atoms with Crippen molar-refractivity contribution >= 4 is 39.1 Å². The molecule has 1 aromatic heterocycles. The Morgan fingerprint density at radius 3 is 2.45 bits per heavy atom. The largest absolute Gasteiger partial charge is 0.411 e. The molecule has 1 saturated heterocycles. The fourth-order valence-electron chi connectivity index (χ4n) is 7.89. The summed E-state index contributed by atoms with van der Waals surface area (Å²) in [5, 5.41) is 28.1. The molecule has 0 radical (unpaired) electrons. The lowest BCUT2D eigenvalue weighted by Crippen LogP contribution is -2.57. The van der Waals surface area contributed by atoms with Crippen molar-refractivity contribution in [2.45, 2.75) is 82.0 Å². The minimum atomic E-state index is -4.06. The van der Waals surface area contributed by atoms with Crippen LogP contribution in [0, 0.1) is 11.8 Å². The summed E-state index contributed by atoms with van der Waals surface area (Å²) < 4.78 is 29.8. The summed E-state index contributed by atoms with van der Waals surface area (Å²) in [4.78, 5) is 36.5. The lowest BCUT2D eigenvalue weighted by Gasteiger charge is -2.35. The van der Waals surface area contributed by atoms with Gasteiger partial charge < -0.3 is 25.4 Å². The molecule has 0 unspecified atom stereocenters. The lowest BCUT2D eigenvalue weighted by molar-refractivity contribution is -0.128. The maximum absolute atomic E-state index is 14.5. The fourth-order valence-corrected chi connectivity index (χ4v) is 9.42. The molecule has 0 spiro atoms. The van der Waals surface area contributed by atoms with Crippen molar-refractivity contribution in [3.05, 3.63) is 108 Å². The van der Waals surface area contributed by atoms with Crippen LogP contribution in [-0.2, 0) is 27.8 Å². The van der Waals surface area contributed by atoms with E-state index in [4.69, 9.17) is 5.21 Å². The molecule has 2 heterocycles. The van der Waals surface area contributed by atoms with E-state index in [2.05, 4.69) is 15.5 Å². The van der Waals surface area contributed by atoms with Crippen molar-refractivity contribution in [3.63, 3.8) is 0 Å². The summed E-state index contributed by atoms with van der Waals surface area (Å²) in [6.07, 6.45) is 6.40. The highest BCUT2D eigenvalue weighted by atomic mass is 32.2. The van der Waals surface area contributed by atoms with E-state index in [1.54, 1.807) is 28.1 Å². The second-order valence-electron chi connectivity index (χ2n) is 14.9. The Morgan fingerprint density at radius 2 is 1.75 bits per heavy atom. The van der Waals surface area contributed by atoms with Gasteiger partial charge in [0.1, 0.15) is 6.04 Å². The first-order valence-electron chi connectivity index (χ1n) is 19.3. The van der Waals surface area contributed by atoms with E-state index in [0.29, 0.717) is 31.6 Å². The molecule has 0 bridgehead atoms. The van der Waals surface area contributed by atoms with Crippen molar-refractivity contribution in [2.75, 3.05) is 26.2 Å².